The zero-order valence-corrected chi connectivity index (χ0v) is 13.6. The van der Waals surface area contributed by atoms with Crippen LogP contribution in [0.15, 0.2) is 24.3 Å². The molecule has 2 atom stereocenters. The van der Waals surface area contributed by atoms with Gasteiger partial charge in [0, 0.05) is 18.2 Å². The van der Waals surface area contributed by atoms with Crippen molar-refractivity contribution in [3.8, 4) is 5.75 Å². The van der Waals surface area contributed by atoms with E-state index < -0.39 is 4.92 Å². The highest BCUT2D eigenvalue weighted by Crippen LogP contribution is 2.19. The lowest BCUT2D eigenvalue weighted by molar-refractivity contribution is -0.384. The Balaban J connectivity index is 2.74. The number of hydrogen-bond donors (Lipinski definition) is 0. The van der Waals surface area contributed by atoms with Gasteiger partial charge in [0.15, 0.2) is 6.61 Å². The molecule has 1 aromatic carbocycles. The van der Waals surface area contributed by atoms with Crippen molar-refractivity contribution >= 4 is 11.6 Å². The number of carbonyl (C=O) groups excluding carboxylic acids is 1. The molecule has 0 heterocycles. The fourth-order valence-corrected chi connectivity index (χ4v) is 2.23. The largest absolute Gasteiger partial charge is 0.484 e. The van der Waals surface area contributed by atoms with Crippen LogP contribution in [-0.2, 0) is 4.79 Å². The van der Waals surface area contributed by atoms with E-state index in [-0.39, 0.29) is 30.3 Å². The zero-order valence-electron chi connectivity index (χ0n) is 13.6. The van der Waals surface area contributed by atoms with Gasteiger partial charge in [-0.25, -0.2) is 0 Å². The topological polar surface area (TPSA) is 72.7 Å². The number of rotatable bonds is 8. The third-order valence-corrected chi connectivity index (χ3v) is 3.81. The summed E-state index contributed by atoms with van der Waals surface area (Å²) in [6, 6.07) is 6.13. The summed E-state index contributed by atoms with van der Waals surface area (Å²) in [5, 5.41) is 10.7. The maximum absolute atomic E-state index is 12.4. The number of nitro benzene ring substituents is 1. The first-order chi connectivity index (χ1) is 10.4. The van der Waals surface area contributed by atoms with Crippen LogP contribution in [0, 0.1) is 10.1 Å². The van der Waals surface area contributed by atoms with Gasteiger partial charge in [0.05, 0.1) is 11.0 Å². The van der Waals surface area contributed by atoms with E-state index in [4.69, 9.17) is 4.74 Å². The molecule has 6 heteroatoms. The van der Waals surface area contributed by atoms with Crippen LogP contribution in [0.5, 0.6) is 5.75 Å². The van der Waals surface area contributed by atoms with Gasteiger partial charge in [0.2, 0.25) is 0 Å². The molecule has 2 unspecified atom stereocenters. The van der Waals surface area contributed by atoms with Crippen molar-refractivity contribution in [1.82, 2.24) is 4.90 Å². The smallest absolute Gasteiger partial charge is 0.273 e. The second-order valence-corrected chi connectivity index (χ2v) is 5.36. The third kappa shape index (κ3) is 4.72. The summed E-state index contributed by atoms with van der Waals surface area (Å²) in [6.45, 7) is 7.98. The molecule has 0 aliphatic carbocycles. The van der Waals surface area contributed by atoms with Crippen LogP contribution in [0.1, 0.15) is 40.5 Å². The molecule has 22 heavy (non-hydrogen) atoms. The van der Waals surface area contributed by atoms with E-state index in [0.29, 0.717) is 5.75 Å². The lowest BCUT2D eigenvalue weighted by Crippen LogP contribution is -2.46. The van der Waals surface area contributed by atoms with Gasteiger partial charge in [-0.05, 0) is 32.8 Å². The Kier molecular flexibility index (Phi) is 6.82. The second-order valence-electron chi connectivity index (χ2n) is 5.36. The maximum Gasteiger partial charge on any atom is 0.273 e. The Morgan fingerprint density at radius 3 is 2.36 bits per heavy atom. The molecule has 0 N–H and O–H groups in total. The molecular weight excluding hydrogens is 284 g/mol. The standard InChI is InChI=1S/C16H24N2O4/c1-5-12(3)17(13(4)6-2)16(19)11-22-15-9-7-8-14(10-15)18(20)21/h7-10,12-13H,5-6,11H2,1-4H3. The highest BCUT2D eigenvalue weighted by atomic mass is 16.6. The van der Waals surface area contributed by atoms with Gasteiger partial charge in [-0.1, -0.05) is 19.9 Å². The van der Waals surface area contributed by atoms with Crippen LogP contribution < -0.4 is 4.74 Å². The van der Waals surface area contributed by atoms with Crippen LogP contribution in [0.2, 0.25) is 0 Å². The lowest BCUT2D eigenvalue weighted by atomic mass is 10.1. The van der Waals surface area contributed by atoms with Crippen molar-refractivity contribution in [2.24, 2.45) is 0 Å². The number of nitro groups is 1. The Bertz CT molecular complexity index is 509. The van der Waals surface area contributed by atoms with Crippen molar-refractivity contribution in [2.45, 2.75) is 52.6 Å². The van der Waals surface area contributed by atoms with E-state index in [1.54, 1.807) is 12.1 Å². The summed E-state index contributed by atoms with van der Waals surface area (Å²) in [7, 11) is 0. The number of carbonyl (C=O) groups is 1. The maximum atomic E-state index is 12.4. The highest BCUT2D eigenvalue weighted by Gasteiger charge is 2.23. The van der Waals surface area contributed by atoms with Crippen molar-refractivity contribution in [3.63, 3.8) is 0 Å². The number of amides is 1. The molecule has 0 bridgehead atoms. The van der Waals surface area contributed by atoms with Gasteiger partial charge in [-0.2, -0.15) is 0 Å². The van der Waals surface area contributed by atoms with Gasteiger partial charge in [-0.3, -0.25) is 14.9 Å². The van der Waals surface area contributed by atoms with Crippen LogP contribution >= 0.6 is 0 Å². The van der Waals surface area contributed by atoms with Gasteiger partial charge in [0.1, 0.15) is 5.75 Å². The molecule has 1 amide bonds. The highest BCUT2D eigenvalue weighted by molar-refractivity contribution is 5.78. The van der Waals surface area contributed by atoms with Gasteiger partial charge < -0.3 is 9.64 Å². The average Bonchev–Trinajstić information content (AvgIpc) is 2.52. The number of ether oxygens (including phenoxy) is 1. The van der Waals surface area contributed by atoms with Gasteiger partial charge in [-0.15, -0.1) is 0 Å². The second kappa shape index (κ2) is 8.36. The fraction of sp³-hybridized carbons (Fsp3) is 0.562. The molecule has 0 aromatic heterocycles. The molecule has 0 aliphatic rings. The SMILES string of the molecule is CCC(C)N(C(=O)COc1cccc([N+](=O)[O-])c1)C(C)CC. The minimum Gasteiger partial charge on any atom is -0.484 e. The Morgan fingerprint density at radius 1 is 1.27 bits per heavy atom. The number of hydrogen-bond acceptors (Lipinski definition) is 4. The third-order valence-electron chi connectivity index (χ3n) is 3.81. The molecule has 1 rings (SSSR count). The van der Waals surface area contributed by atoms with Crippen molar-refractivity contribution in [2.75, 3.05) is 6.61 Å². The first-order valence-electron chi connectivity index (χ1n) is 7.59. The predicted molar refractivity (Wildman–Crippen MR) is 84.9 cm³/mol. The molecule has 6 nitrogen and oxygen atoms in total. The molecule has 122 valence electrons. The van der Waals surface area contributed by atoms with Gasteiger partial charge >= 0.3 is 0 Å². The Hall–Kier alpha value is -2.11. The molecule has 0 aliphatic heterocycles. The Labute approximate surface area is 131 Å². The molecular formula is C16H24N2O4. The van der Waals surface area contributed by atoms with Crippen LogP contribution in [0.3, 0.4) is 0 Å². The zero-order chi connectivity index (χ0) is 16.7. The minimum absolute atomic E-state index is 0.0503. The summed E-state index contributed by atoms with van der Waals surface area (Å²) < 4.78 is 5.43. The van der Waals surface area contributed by atoms with Crippen molar-refractivity contribution in [1.29, 1.82) is 0 Å². The van der Waals surface area contributed by atoms with Crippen molar-refractivity contribution in [3.05, 3.63) is 34.4 Å². The van der Waals surface area contributed by atoms with E-state index in [9.17, 15) is 14.9 Å². The van der Waals surface area contributed by atoms with Crippen molar-refractivity contribution < 1.29 is 14.5 Å². The van der Waals surface area contributed by atoms with Crippen LogP contribution in [-0.4, -0.2) is 34.4 Å². The minimum atomic E-state index is -0.487. The number of nitrogens with zero attached hydrogens (tertiary/aromatic N) is 2. The Morgan fingerprint density at radius 2 is 1.86 bits per heavy atom. The molecule has 0 fully saturated rings. The normalized spacial score (nSPS) is 13.3. The lowest BCUT2D eigenvalue weighted by Gasteiger charge is -2.33. The van der Waals surface area contributed by atoms with E-state index in [0.717, 1.165) is 12.8 Å². The monoisotopic (exact) mass is 308 g/mol. The molecule has 1 aromatic rings. The number of benzene rings is 1. The fourth-order valence-electron chi connectivity index (χ4n) is 2.23. The van der Waals surface area contributed by atoms with E-state index >= 15 is 0 Å². The predicted octanol–water partition coefficient (Wildman–Crippen LogP) is 3.40. The molecule has 0 spiro atoms. The van der Waals surface area contributed by atoms with E-state index in [1.165, 1.54) is 12.1 Å². The summed E-state index contributed by atoms with van der Waals surface area (Å²) in [6.07, 6.45) is 1.74. The molecule has 0 radical (unpaired) electrons. The number of non-ortho nitro benzene ring substituents is 1. The van der Waals surface area contributed by atoms with E-state index in [1.807, 2.05) is 32.6 Å². The molecule has 0 saturated carbocycles. The summed E-state index contributed by atoms with van der Waals surface area (Å²) in [4.78, 5) is 24.5. The average molecular weight is 308 g/mol. The summed E-state index contributed by atoms with van der Waals surface area (Å²) in [5.74, 6) is 0.228. The van der Waals surface area contributed by atoms with Crippen LogP contribution in [0.4, 0.5) is 5.69 Å². The quantitative estimate of drug-likeness (QED) is 0.545. The van der Waals surface area contributed by atoms with E-state index in [2.05, 4.69) is 0 Å². The molecule has 0 saturated heterocycles. The van der Waals surface area contributed by atoms with Crippen LogP contribution in [0.25, 0.3) is 0 Å². The summed E-state index contributed by atoms with van der Waals surface area (Å²) >= 11 is 0. The first-order valence-corrected chi connectivity index (χ1v) is 7.59. The van der Waals surface area contributed by atoms with Gasteiger partial charge in [0.25, 0.3) is 11.6 Å². The first kappa shape index (κ1) is 17.9. The summed E-state index contributed by atoms with van der Waals surface area (Å²) in [5.41, 5.74) is -0.0503.